The molecule has 3 rings (SSSR count). The molecule has 1 unspecified atom stereocenters. The van der Waals surface area contributed by atoms with E-state index in [-0.39, 0.29) is 11.9 Å². The van der Waals surface area contributed by atoms with Gasteiger partial charge in [0.1, 0.15) is 17.9 Å². The van der Waals surface area contributed by atoms with Crippen LogP contribution in [-0.2, 0) is 4.79 Å². The lowest BCUT2D eigenvalue weighted by Crippen LogP contribution is -2.39. The number of piperidine rings is 1. The fourth-order valence-electron chi connectivity index (χ4n) is 3.24. The van der Waals surface area contributed by atoms with Crippen LogP contribution in [-0.4, -0.2) is 39.1 Å². The summed E-state index contributed by atoms with van der Waals surface area (Å²) in [7, 11) is 0. The van der Waals surface area contributed by atoms with Crippen LogP contribution < -0.4 is 4.74 Å². The summed E-state index contributed by atoms with van der Waals surface area (Å²) in [4.78, 5) is 18.8. The number of nitrogens with zero attached hydrogens (tertiary/aromatic N) is 3. The molecule has 0 saturated carbocycles. The molecule has 1 aromatic carbocycles. The summed E-state index contributed by atoms with van der Waals surface area (Å²) in [6.07, 6.45) is 4.94. The predicted octanol–water partition coefficient (Wildman–Crippen LogP) is 2.94. The zero-order valence-electron chi connectivity index (χ0n) is 14.3. The molecule has 0 aliphatic carbocycles. The van der Waals surface area contributed by atoms with Crippen LogP contribution in [0.1, 0.15) is 48.7 Å². The largest absolute Gasteiger partial charge is 0.493 e. The maximum absolute atomic E-state index is 12.6. The third-order valence-corrected chi connectivity index (χ3v) is 4.48. The molecule has 1 aromatic heterocycles. The molecule has 6 heteroatoms. The second-order valence-corrected chi connectivity index (χ2v) is 6.34. The number of ether oxygens (including phenoxy) is 1. The summed E-state index contributed by atoms with van der Waals surface area (Å²) in [5.41, 5.74) is 2.30. The average molecular weight is 328 g/mol. The highest BCUT2D eigenvalue weighted by molar-refractivity contribution is 5.76. The molecule has 1 saturated heterocycles. The van der Waals surface area contributed by atoms with Crippen LogP contribution in [0.5, 0.6) is 5.75 Å². The standard InChI is InChI=1S/C18H24N4O2/c1-13-6-7-16(14(2)11-13)24-10-8-17(23)22-9-4-3-5-15(22)18-19-12-20-21-18/h6-7,11-12,15H,3-5,8-10H2,1-2H3,(H,19,20,21). The number of carbonyl (C=O) groups is 1. The van der Waals surface area contributed by atoms with Gasteiger partial charge in [-0.1, -0.05) is 17.7 Å². The Morgan fingerprint density at radius 1 is 1.38 bits per heavy atom. The number of aryl methyl sites for hydroxylation is 2. The van der Waals surface area contributed by atoms with Crippen molar-refractivity contribution in [2.45, 2.75) is 45.6 Å². The van der Waals surface area contributed by atoms with Crippen LogP contribution >= 0.6 is 0 Å². The van der Waals surface area contributed by atoms with Gasteiger partial charge in [0.2, 0.25) is 5.91 Å². The summed E-state index contributed by atoms with van der Waals surface area (Å²) in [6, 6.07) is 6.08. The molecule has 0 bridgehead atoms. The highest BCUT2D eigenvalue weighted by Crippen LogP contribution is 2.29. The molecule has 0 radical (unpaired) electrons. The van der Waals surface area contributed by atoms with E-state index in [1.54, 1.807) is 0 Å². The molecule has 0 spiro atoms. The van der Waals surface area contributed by atoms with Crippen molar-refractivity contribution in [3.63, 3.8) is 0 Å². The van der Waals surface area contributed by atoms with Gasteiger partial charge in [0, 0.05) is 6.54 Å². The van der Waals surface area contributed by atoms with Crippen LogP contribution in [0, 0.1) is 13.8 Å². The molecule has 1 N–H and O–H groups in total. The summed E-state index contributed by atoms with van der Waals surface area (Å²) in [6.45, 7) is 5.24. The van der Waals surface area contributed by atoms with Gasteiger partial charge in [-0.2, -0.15) is 5.10 Å². The normalized spacial score (nSPS) is 17.8. The number of benzene rings is 1. The van der Waals surface area contributed by atoms with Gasteiger partial charge >= 0.3 is 0 Å². The first kappa shape index (κ1) is 16.5. The van der Waals surface area contributed by atoms with Gasteiger partial charge in [-0.05, 0) is 44.7 Å². The molecule has 1 fully saturated rings. The van der Waals surface area contributed by atoms with Crippen molar-refractivity contribution in [1.82, 2.24) is 20.1 Å². The van der Waals surface area contributed by atoms with Crippen molar-refractivity contribution >= 4 is 5.91 Å². The molecule has 6 nitrogen and oxygen atoms in total. The minimum Gasteiger partial charge on any atom is -0.493 e. The van der Waals surface area contributed by atoms with E-state index in [2.05, 4.69) is 28.2 Å². The number of hydrogen-bond donors (Lipinski definition) is 1. The Morgan fingerprint density at radius 3 is 3.00 bits per heavy atom. The van der Waals surface area contributed by atoms with Crippen LogP contribution in [0.4, 0.5) is 0 Å². The summed E-state index contributed by atoms with van der Waals surface area (Å²) in [5, 5.41) is 6.81. The smallest absolute Gasteiger partial charge is 0.226 e. The summed E-state index contributed by atoms with van der Waals surface area (Å²) >= 11 is 0. The van der Waals surface area contributed by atoms with E-state index in [4.69, 9.17) is 4.74 Å². The van der Waals surface area contributed by atoms with E-state index < -0.39 is 0 Å². The number of aromatic nitrogens is 3. The van der Waals surface area contributed by atoms with Crippen LogP contribution in [0.3, 0.4) is 0 Å². The van der Waals surface area contributed by atoms with Crippen LogP contribution in [0.2, 0.25) is 0 Å². The summed E-state index contributed by atoms with van der Waals surface area (Å²) in [5.74, 6) is 1.73. The third-order valence-electron chi connectivity index (χ3n) is 4.48. The second-order valence-electron chi connectivity index (χ2n) is 6.34. The van der Waals surface area contributed by atoms with E-state index >= 15 is 0 Å². The lowest BCUT2D eigenvalue weighted by molar-refractivity contribution is -0.135. The van der Waals surface area contributed by atoms with Gasteiger partial charge in [-0.15, -0.1) is 0 Å². The van der Waals surface area contributed by atoms with E-state index in [0.29, 0.717) is 13.0 Å². The second kappa shape index (κ2) is 7.47. The highest BCUT2D eigenvalue weighted by Gasteiger charge is 2.29. The molecule has 24 heavy (non-hydrogen) atoms. The fourth-order valence-corrected chi connectivity index (χ4v) is 3.24. The number of nitrogens with one attached hydrogen (secondary N) is 1. The number of carbonyl (C=O) groups excluding carboxylic acids is 1. The first-order valence-electron chi connectivity index (χ1n) is 8.50. The van der Waals surface area contributed by atoms with Crippen LogP contribution in [0.15, 0.2) is 24.5 Å². The SMILES string of the molecule is Cc1ccc(OCCC(=O)N2CCCCC2c2ncn[nH]2)c(C)c1. The quantitative estimate of drug-likeness (QED) is 0.916. The lowest BCUT2D eigenvalue weighted by Gasteiger charge is -2.34. The zero-order chi connectivity index (χ0) is 16.9. The van der Waals surface area contributed by atoms with Crippen molar-refractivity contribution in [2.24, 2.45) is 0 Å². The minimum absolute atomic E-state index is 0.00913. The number of likely N-dealkylation sites (tertiary alicyclic amines) is 1. The van der Waals surface area contributed by atoms with E-state index in [0.717, 1.165) is 42.9 Å². The highest BCUT2D eigenvalue weighted by atomic mass is 16.5. The fraction of sp³-hybridized carbons (Fsp3) is 0.500. The number of aromatic amines is 1. The average Bonchev–Trinajstić information content (AvgIpc) is 3.11. The van der Waals surface area contributed by atoms with Crippen molar-refractivity contribution in [2.75, 3.05) is 13.2 Å². The molecule has 1 aliphatic heterocycles. The monoisotopic (exact) mass is 328 g/mol. The Morgan fingerprint density at radius 2 is 2.25 bits per heavy atom. The van der Waals surface area contributed by atoms with E-state index in [9.17, 15) is 4.79 Å². The van der Waals surface area contributed by atoms with Gasteiger partial charge in [-0.3, -0.25) is 9.89 Å². The van der Waals surface area contributed by atoms with Crippen molar-refractivity contribution < 1.29 is 9.53 Å². The Hall–Kier alpha value is -2.37. The third kappa shape index (κ3) is 3.75. The maximum Gasteiger partial charge on any atom is 0.226 e. The first-order valence-corrected chi connectivity index (χ1v) is 8.50. The lowest BCUT2D eigenvalue weighted by atomic mass is 10.0. The Kier molecular flexibility index (Phi) is 5.13. The topological polar surface area (TPSA) is 71.1 Å². The Bertz CT molecular complexity index is 684. The van der Waals surface area contributed by atoms with Crippen molar-refractivity contribution in [3.05, 3.63) is 41.5 Å². The number of rotatable bonds is 5. The molecule has 1 aliphatic rings. The molecular formula is C18H24N4O2. The first-order chi connectivity index (χ1) is 11.6. The van der Waals surface area contributed by atoms with Crippen molar-refractivity contribution in [1.29, 1.82) is 0 Å². The number of amides is 1. The van der Waals surface area contributed by atoms with Gasteiger partial charge in [0.15, 0.2) is 0 Å². The Labute approximate surface area is 142 Å². The van der Waals surface area contributed by atoms with E-state index in [1.807, 2.05) is 24.0 Å². The van der Waals surface area contributed by atoms with Gasteiger partial charge in [0.05, 0.1) is 19.1 Å². The molecule has 2 heterocycles. The number of H-pyrrole nitrogens is 1. The number of hydrogen-bond acceptors (Lipinski definition) is 4. The predicted molar refractivity (Wildman–Crippen MR) is 90.7 cm³/mol. The molecule has 1 atom stereocenters. The molecule has 128 valence electrons. The summed E-state index contributed by atoms with van der Waals surface area (Å²) < 4.78 is 5.80. The van der Waals surface area contributed by atoms with Gasteiger partial charge in [-0.25, -0.2) is 4.98 Å². The molecular weight excluding hydrogens is 304 g/mol. The molecule has 1 amide bonds. The van der Waals surface area contributed by atoms with Crippen LogP contribution in [0.25, 0.3) is 0 Å². The van der Waals surface area contributed by atoms with Gasteiger partial charge < -0.3 is 9.64 Å². The van der Waals surface area contributed by atoms with Crippen molar-refractivity contribution in [3.8, 4) is 5.75 Å². The zero-order valence-corrected chi connectivity index (χ0v) is 14.3. The maximum atomic E-state index is 12.6. The molecule has 2 aromatic rings. The van der Waals surface area contributed by atoms with Gasteiger partial charge in [0.25, 0.3) is 0 Å². The Balaban J connectivity index is 1.57. The van der Waals surface area contributed by atoms with E-state index in [1.165, 1.54) is 11.9 Å². The minimum atomic E-state index is 0.00913.